The highest BCUT2D eigenvalue weighted by molar-refractivity contribution is 7.99. The second kappa shape index (κ2) is 10.5. The largest absolute Gasteiger partial charge is 0.497 e. The maximum absolute atomic E-state index is 13.0. The van der Waals surface area contributed by atoms with Gasteiger partial charge in [-0.2, -0.15) is 0 Å². The Labute approximate surface area is 208 Å². The molecule has 1 aliphatic heterocycles. The summed E-state index contributed by atoms with van der Waals surface area (Å²) in [6, 6.07) is 13.6. The van der Waals surface area contributed by atoms with Crippen molar-refractivity contribution in [1.82, 2.24) is 14.8 Å². The Morgan fingerprint density at radius 3 is 2.86 bits per heavy atom. The Bertz CT molecular complexity index is 1240. The maximum atomic E-state index is 13.0. The van der Waals surface area contributed by atoms with Crippen LogP contribution >= 0.6 is 11.8 Å². The number of fused-ring (bicyclic) bond motifs is 1. The lowest BCUT2D eigenvalue weighted by atomic mass is 9.95. The summed E-state index contributed by atoms with van der Waals surface area (Å²) < 4.78 is 7.55. The number of nitrogens with zero attached hydrogens (tertiary/aromatic N) is 3. The molecule has 2 heterocycles. The second-order valence-electron chi connectivity index (χ2n) is 8.95. The van der Waals surface area contributed by atoms with Gasteiger partial charge in [0.05, 0.1) is 25.8 Å². The van der Waals surface area contributed by atoms with Crippen molar-refractivity contribution >= 4 is 34.8 Å². The lowest BCUT2D eigenvalue weighted by Crippen LogP contribution is -2.18. The molecule has 2 aromatic carbocycles. The molecule has 1 saturated carbocycles. The summed E-state index contributed by atoms with van der Waals surface area (Å²) in [4.78, 5) is 24.6. The third kappa shape index (κ3) is 5.35. The van der Waals surface area contributed by atoms with Crippen LogP contribution in [-0.2, 0) is 17.8 Å². The van der Waals surface area contributed by atoms with Crippen LogP contribution in [0.25, 0.3) is 0 Å². The molecule has 8 nitrogen and oxygen atoms in total. The molecule has 35 heavy (non-hydrogen) atoms. The van der Waals surface area contributed by atoms with Crippen molar-refractivity contribution in [2.75, 3.05) is 23.5 Å². The minimum atomic E-state index is -0.0327. The lowest BCUT2D eigenvalue weighted by molar-refractivity contribution is -0.115. The summed E-state index contributed by atoms with van der Waals surface area (Å²) in [5.74, 6) is 1.93. The zero-order valence-corrected chi connectivity index (χ0v) is 20.6. The minimum Gasteiger partial charge on any atom is -0.497 e. The van der Waals surface area contributed by atoms with E-state index in [2.05, 4.69) is 25.4 Å². The SMILES string of the molecule is COc1cccc(NCc2nnc(SCC(=O)c3ccc4c(c3)CC(=O)N4)n2C2CCCCC2)c1. The second-order valence-corrected chi connectivity index (χ2v) is 9.90. The van der Waals surface area contributed by atoms with Gasteiger partial charge in [-0.15, -0.1) is 10.2 Å². The highest BCUT2D eigenvalue weighted by Crippen LogP contribution is 2.33. The third-order valence-electron chi connectivity index (χ3n) is 6.58. The highest BCUT2D eigenvalue weighted by atomic mass is 32.2. The average Bonchev–Trinajstić information content (AvgIpc) is 3.48. The molecule has 2 N–H and O–H groups in total. The van der Waals surface area contributed by atoms with E-state index in [0.717, 1.165) is 46.5 Å². The van der Waals surface area contributed by atoms with Gasteiger partial charge in [0.15, 0.2) is 16.8 Å². The van der Waals surface area contributed by atoms with E-state index in [1.165, 1.54) is 31.0 Å². The maximum Gasteiger partial charge on any atom is 0.228 e. The lowest BCUT2D eigenvalue weighted by Gasteiger charge is -2.25. The first-order valence-corrected chi connectivity index (χ1v) is 13.0. The number of aromatic nitrogens is 3. The first-order valence-electron chi connectivity index (χ1n) is 12.0. The molecule has 0 saturated heterocycles. The summed E-state index contributed by atoms with van der Waals surface area (Å²) in [6.45, 7) is 0.539. The van der Waals surface area contributed by atoms with Crippen LogP contribution in [0.15, 0.2) is 47.6 Å². The van der Waals surface area contributed by atoms with Gasteiger partial charge in [0.2, 0.25) is 5.91 Å². The van der Waals surface area contributed by atoms with E-state index in [1.54, 1.807) is 13.2 Å². The van der Waals surface area contributed by atoms with Crippen molar-refractivity contribution in [2.24, 2.45) is 0 Å². The Morgan fingerprint density at radius 2 is 2.03 bits per heavy atom. The van der Waals surface area contributed by atoms with Gasteiger partial charge in [0, 0.05) is 29.0 Å². The van der Waals surface area contributed by atoms with Crippen LogP contribution in [0, 0.1) is 0 Å². The number of carbonyl (C=O) groups excluding carboxylic acids is 2. The van der Waals surface area contributed by atoms with Gasteiger partial charge in [-0.05, 0) is 48.7 Å². The zero-order chi connectivity index (χ0) is 24.2. The number of ketones is 1. The fourth-order valence-corrected chi connectivity index (χ4v) is 5.68. The molecule has 2 aliphatic rings. The summed E-state index contributed by atoms with van der Waals surface area (Å²) in [5, 5.41) is 16.0. The number of methoxy groups -OCH3 is 1. The number of amides is 1. The van der Waals surface area contributed by atoms with E-state index in [0.29, 0.717) is 24.6 Å². The molecule has 5 rings (SSSR count). The number of thioether (sulfide) groups is 1. The van der Waals surface area contributed by atoms with Crippen LogP contribution in [-0.4, -0.2) is 39.3 Å². The van der Waals surface area contributed by atoms with Crippen molar-refractivity contribution < 1.29 is 14.3 Å². The third-order valence-corrected chi connectivity index (χ3v) is 7.52. The molecule has 1 aliphatic carbocycles. The molecule has 0 spiro atoms. The van der Waals surface area contributed by atoms with Crippen LogP contribution in [0.5, 0.6) is 5.75 Å². The smallest absolute Gasteiger partial charge is 0.228 e. The van der Waals surface area contributed by atoms with Gasteiger partial charge in [-0.1, -0.05) is 37.1 Å². The molecular weight excluding hydrogens is 462 g/mol. The predicted octanol–water partition coefficient (Wildman–Crippen LogP) is 4.87. The summed E-state index contributed by atoms with van der Waals surface area (Å²) in [5.41, 5.74) is 3.25. The monoisotopic (exact) mass is 491 g/mol. The minimum absolute atomic E-state index is 0.0198. The number of Topliss-reactive ketones (excluding diaryl/α,β-unsaturated/α-hetero) is 1. The molecule has 182 valence electrons. The quantitative estimate of drug-likeness (QED) is 0.325. The molecule has 1 fully saturated rings. The molecule has 3 aromatic rings. The van der Waals surface area contributed by atoms with E-state index < -0.39 is 0 Å². The van der Waals surface area contributed by atoms with Gasteiger partial charge in [0.25, 0.3) is 0 Å². The van der Waals surface area contributed by atoms with Crippen molar-refractivity contribution in [2.45, 2.75) is 56.3 Å². The Balaban J connectivity index is 1.30. The molecular formula is C26H29N5O3S. The van der Waals surface area contributed by atoms with Gasteiger partial charge in [-0.25, -0.2) is 0 Å². The number of anilines is 2. The fraction of sp³-hybridized carbons (Fsp3) is 0.385. The normalized spacial score (nSPS) is 15.5. The summed E-state index contributed by atoms with van der Waals surface area (Å²) in [6.07, 6.45) is 6.15. The average molecular weight is 492 g/mol. The van der Waals surface area contributed by atoms with Gasteiger partial charge in [0.1, 0.15) is 5.75 Å². The molecule has 0 unspecified atom stereocenters. The van der Waals surface area contributed by atoms with Crippen LogP contribution < -0.4 is 15.4 Å². The van der Waals surface area contributed by atoms with Crippen LogP contribution in [0.4, 0.5) is 11.4 Å². The van der Waals surface area contributed by atoms with Crippen molar-refractivity contribution in [3.8, 4) is 5.75 Å². The topological polar surface area (TPSA) is 98.1 Å². The van der Waals surface area contributed by atoms with E-state index in [4.69, 9.17) is 4.74 Å². The number of hydrogen-bond acceptors (Lipinski definition) is 7. The van der Waals surface area contributed by atoms with Gasteiger partial charge < -0.3 is 19.9 Å². The summed E-state index contributed by atoms with van der Waals surface area (Å²) in [7, 11) is 1.66. The van der Waals surface area contributed by atoms with Crippen LogP contribution in [0.3, 0.4) is 0 Å². The van der Waals surface area contributed by atoms with Crippen molar-refractivity contribution in [3.63, 3.8) is 0 Å². The van der Waals surface area contributed by atoms with Crippen molar-refractivity contribution in [3.05, 3.63) is 59.4 Å². The first-order chi connectivity index (χ1) is 17.1. The van der Waals surface area contributed by atoms with Crippen LogP contribution in [0.2, 0.25) is 0 Å². The Kier molecular flexibility index (Phi) is 7.03. The van der Waals surface area contributed by atoms with Crippen LogP contribution in [0.1, 0.15) is 59.9 Å². The molecule has 0 radical (unpaired) electrons. The molecule has 1 amide bonds. The molecule has 0 bridgehead atoms. The summed E-state index contributed by atoms with van der Waals surface area (Å²) >= 11 is 1.44. The number of rotatable bonds is 9. The zero-order valence-electron chi connectivity index (χ0n) is 19.8. The number of nitrogens with one attached hydrogen (secondary N) is 2. The molecule has 9 heteroatoms. The van der Waals surface area contributed by atoms with Gasteiger partial charge >= 0.3 is 0 Å². The Hall–Kier alpha value is -3.33. The van der Waals surface area contributed by atoms with Crippen molar-refractivity contribution in [1.29, 1.82) is 0 Å². The highest BCUT2D eigenvalue weighted by Gasteiger charge is 2.24. The molecule has 0 atom stereocenters. The number of carbonyl (C=O) groups is 2. The fourth-order valence-electron chi connectivity index (χ4n) is 4.76. The number of hydrogen-bond donors (Lipinski definition) is 2. The predicted molar refractivity (Wildman–Crippen MR) is 136 cm³/mol. The first kappa shape index (κ1) is 23.4. The van der Waals surface area contributed by atoms with E-state index in [9.17, 15) is 9.59 Å². The van der Waals surface area contributed by atoms with E-state index in [1.807, 2.05) is 36.4 Å². The Morgan fingerprint density at radius 1 is 1.17 bits per heavy atom. The van der Waals surface area contributed by atoms with Gasteiger partial charge in [-0.3, -0.25) is 9.59 Å². The van der Waals surface area contributed by atoms with E-state index >= 15 is 0 Å². The number of benzene rings is 2. The number of ether oxygens (including phenoxy) is 1. The standard InChI is InChI=1S/C26H29N5O3S/c1-34-21-9-5-6-19(14-21)27-15-24-29-30-26(31(24)20-7-3-2-4-8-20)35-16-23(32)17-10-11-22-18(12-17)13-25(33)28-22/h5-6,9-12,14,20,27H,2-4,7-8,13,15-16H2,1H3,(H,28,33). The molecule has 1 aromatic heterocycles. The van der Waals surface area contributed by atoms with E-state index in [-0.39, 0.29) is 17.4 Å².